The van der Waals surface area contributed by atoms with Crippen molar-refractivity contribution in [2.75, 3.05) is 0 Å². The van der Waals surface area contributed by atoms with Gasteiger partial charge in [0.15, 0.2) is 0 Å². The van der Waals surface area contributed by atoms with Crippen LogP contribution in [-0.4, -0.2) is 12.1 Å². The molecule has 16 heavy (non-hydrogen) atoms. The number of ether oxygens (including phenoxy) is 1. The maximum atomic E-state index is 11.6. The zero-order valence-electron chi connectivity index (χ0n) is 11.0. The van der Waals surface area contributed by atoms with Crippen molar-refractivity contribution in [2.24, 2.45) is 23.2 Å². The summed E-state index contributed by atoms with van der Waals surface area (Å²) < 4.78 is 5.53. The first-order valence-electron chi connectivity index (χ1n) is 6.68. The van der Waals surface area contributed by atoms with Gasteiger partial charge in [-0.15, -0.1) is 0 Å². The largest absolute Gasteiger partial charge is 0.462 e. The fraction of sp³-hybridized carbons (Fsp3) is 0.929. The van der Waals surface area contributed by atoms with Gasteiger partial charge in [-0.25, -0.2) is 0 Å². The third-order valence-corrected chi connectivity index (χ3v) is 5.28. The molecule has 1 saturated carbocycles. The van der Waals surface area contributed by atoms with Crippen molar-refractivity contribution in [3.05, 3.63) is 0 Å². The van der Waals surface area contributed by atoms with Gasteiger partial charge in [0, 0.05) is 5.92 Å². The van der Waals surface area contributed by atoms with E-state index in [9.17, 15) is 4.79 Å². The quantitative estimate of drug-likeness (QED) is 0.672. The molecule has 92 valence electrons. The Morgan fingerprint density at radius 2 is 2.25 bits per heavy atom. The van der Waals surface area contributed by atoms with Crippen LogP contribution >= 0.6 is 0 Å². The molecule has 2 rings (SSSR count). The molecule has 0 N–H and O–H groups in total. The second kappa shape index (κ2) is 4.05. The van der Waals surface area contributed by atoms with E-state index in [2.05, 4.69) is 20.8 Å². The van der Waals surface area contributed by atoms with Crippen LogP contribution in [0, 0.1) is 23.2 Å². The third kappa shape index (κ3) is 1.76. The molecular formula is C14H24O2. The normalized spacial score (nSPS) is 45.0. The highest BCUT2D eigenvalue weighted by atomic mass is 16.6. The van der Waals surface area contributed by atoms with Crippen LogP contribution in [0.5, 0.6) is 0 Å². The van der Waals surface area contributed by atoms with Crippen molar-refractivity contribution in [1.82, 2.24) is 0 Å². The molecule has 5 atom stereocenters. The van der Waals surface area contributed by atoms with E-state index in [-0.39, 0.29) is 18.0 Å². The summed E-state index contributed by atoms with van der Waals surface area (Å²) in [5.74, 6) is 1.38. The topological polar surface area (TPSA) is 26.3 Å². The fourth-order valence-electron chi connectivity index (χ4n) is 3.47. The van der Waals surface area contributed by atoms with Crippen LogP contribution < -0.4 is 0 Å². The smallest absolute Gasteiger partial charge is 0.309 e. The van der Waals surface area contributed by atoms with Gasteiger partial charge in [0.1, 0.15) is 6.10 Å². The molecule has 2 nitrogen and oxygen atoms in total. The first kappa shape index (κ1) is 11.9. The zero-order chi connectivity index (χ0) is 11.9. The molecule has 0 bridgehead atoms. The third-order valence-electron chi connectivity index (χ3n) is 5.28. The molecular weight excluding hydrogens is 200 g/mol. The molecule has 0 radical (unpaired) electrons. The van der Waals surface area contributed by atoms with Gasteiger partial charge in [0.2, 0.25) is 0 Å². The van der Waals surface area contributed by atoms with E-state index in [0.29, 0.717) is 11.3 Å². The average molecular weight is 224 g/mol. The van der Waals surface area contributed by atoms with Crippen molar-refractivity contribution in [1.29, 1.82) is 0 Å². The molecule has 2 aliphatic rings. The Balaban J connectivity index is 2.09. The molecule has 0 aromatic rings. The Labute approximate surface area is 98.7 Å². The van der Waals surface area contributed by atoms with Gasteiger partial charge >= 0.3 is 5.97 Å². The van der Waals surface area contributed by atoms with Crippen molar-refractivity contribution in [2.45, 2.75) is 59.5 Å². The zero-order valence-corrected chi connectivity index (χ0v) is 11.0. The summed E-state index contributed by atoms with van der Waals surface area (Å²) in [7, 11) is 0. The molecule has 0 spiro atoms. The number of hydrogen-bond donors (Lipinski definition) is 0. The van der Waals surface area contributed by atoms with Gasteiger partial charge in [0.05, 0.1) is 5.92 Å². The lowest BCUT2D eigenvalue weighted by Gasteiger charge is -2.43. The lowest BCUT2D eigenvalue weighted by atomic mass is 9.62. The number of carbonyl (C=O) groups excluding carboxylic acids is 1. The summed E-state index contributed by atoms with van der Waals surface area (Å²) in [4.78, 5) is 11.6. The van der Waals surface area contributed by atoms with Crippen LogP contribution in [0.15, 0.2) is 0 Å². The van der Waals surface area contributed by atoms with Crippen molar-refractivity contribution in [3.8, 4) is 0 Å². The van der Waals surface area contributed by atoms with Crippen LogP contribution in [0.2, 0.25) is 0 Å². The van der Waals surface area contributed by atoms with Crippen LogP contribution in [0.3, 0.4) is 0 Å². The van der Waals surface area contributed by atoms with Gasteiger partial charge in [-0.05, 0) is 30.6 Å². The molecule has 0 amide bonds. The number of hydrogen-bond acceptors (Lipinski definition) is 2. The van der Waals surface area contributed by atoms with E-state index in [1.807, 2.05) is 6.92 Å². The standard InChI is InChI=1S/C14H24O2/c1-5-9(2)14(4)7-6-11-10(3)13(15)16-12(11)8-14/h9-12H,5-8H2,1-4H3/t9?,10?,11-,12+,14?/m0/s1. The van der Waals surface area contributed by atoms with Crippen molar-refractivity contribution in [3.63, 3.8) is 0 Å². The second-order valence-corrected chi connectivity index (χ2v) is 6.13. The maximum absolute atomic E-state index is 11.6. The summed E-state index contributed by atoms with van der Waals surface area (Å²) >= 11 is 0. The van der Waals surface area contributed by atoms with E-state index < -0.39 is 0 Å². The summed E-state index contributed by atoms with van der Waals surface area (Å²) in [6.07, 6.45) is 4.91. The highest BCUT2D eigenvalue weighted by Crippen LogP contribution is 2.50. The Hall–Kier alpha value is -0.530. The van der Waals surface area contributed by atoms with E-state index in [4.69, 9.17) is 4.74 Å². The first-order valence-corrected chi connectivity index (χ1v) is 6.68. The van der Waals surface area contributed by atoms with Gasteiger partial charge in [-0.3, -0.25) is 4.79 Å². The molecule has 1 saturated heterocycles. The summed E-state index contributed by atoms with van der Waals surface area (Å²) in [5, 5.41) is 0. The number of carbonyl (C=O) groups is 1. The van der Waals surface area contributed by atoms with Crippen molar-refractivity contribution < 1.29 is 9.53 Å². The van der Waals surface area contributed by atoms with E-state index in [1.54, 1.807) is 0 Å². The van der Waals surface area contributed by atoms with Gasteiger partial charge < -0.3 is 4.74 Å². The van der Waals surface area contributed by atoms with E-state index in [1.165, 1.54) is 19.3 Å². The van der Waals surface area contributed by atoms with Gasteiger partial charge in [-0.1, -0.05) is 34.1 Å². The maximum Gasteiger partial charge on any atom is 0.309 e. The highest BCUT2D eigenvalue weighted by Gasteiger charge is 2.49. The van der Waals surface area contributed by atoms with Gasteiger partial charge in [-0.2, -0.15) is 0 Å². The molecule has 1 heterocycles. The molecule has 0 aromatic heterocycles. The first-order chi connectivity index (χ1) is 7.48. The molecule has 2 heteroatoms. The Morgan fingerprint density at radius 3 is 2.88 bits per heavy atom. The van der Waals surface area contributed by atoms with E-state index in [0.717, 1.165) is 12.3 Å². The minimum absolute atomic E-state index is 0.0309. The Bertz CT molecular complexity index is 286. The SMILES string of the molecule is CCC(C)C1(C)CC[C@H]2C(C)C(=O)O[C@@H]2C1. The summed E-state index contributed by atoms with van der Waals surface area (Å²) in [6, 6.07) is 0. The molecule has 2 fully saturated rings. The number of esters is 1. The van der Waals surface area contributed by atoms with Crippen LogP contribution in [0.1, 0.15) is 53.4 Å². The minimum atomic E-state index is 0.0309. The van der Waals surface area contributed by atoms with Crippen LogP contribution in [-0.2, 0) is 9.53 Å². The summed E-state index contributed by atoms with van der Waals surface area (Å²) in [6.45, 7) is 8.99. The van der Waals surface area contributed by atoms with E-state index >= 15 is 0 Å². The molecule has 1 aliphatic carbocycles. The molecule has 3 unspecified atom stereocenters. The fourth-order valence-corrected chi connectivity index (χ4v) is 3.47. The number of rotatable bonds is 2. The lowest BCUT2D eigenvalue weighted by Crippen LogP contribution is -2.38. The summed E-state index contributed by atoms with van der Waals surface area (Å²) in [5.41, 5.74) is 0.375. The van der Waals surface area contributed by atoms with Gasteiger partial charge in [0.25, 0.3) is 0 Å². The molecule has 0 aromatic carbocycles. The number of fused-ring (bicyclic) bond motifs is 1. The Kier molecular flexibility index (Phi) is 3.02. The Morgan fingerprint density at radius 1 is 1.56 bits per heavy atom. The predicted molar refractivity (Wildman–Crippen MR) is 63.9 cm³/mol. The highest BCUT2D eigenvalue weighted by molar-refractivity contribution is 5.74. The van der Waals surface area contributed by atoms with Crippen LogP contribution in [0.4, 0.5) is 0 Å². The van der Waals surface area contributed by atoms with Crippen LogP contribution in [0.25, 0.3) is 0 Å². The lowest BCUT2D eigenvalue weighted by molar-refractivity contribution is -0.145. The minimum Gasteiger partial charge on any atom is -0.462 e. The van der Waals surface area contributed by atoms with Crippen molar-refractivity contribution >= 4 is 5.97 Å². The predicted octanol–water partition coefficient (Wildman–Crippen LogP) is 3.40. The average Bonchev–Trinajstić information content (AvgIpc) is 2.53. The second-order valence-electron chi connectivity index (χ2n) is 6.13. The monoisotopic (exact) mass is 224 g/mol. The molecule has 1 aliphatic heterocycles.